The molecule has 0 radical (unpaired) electrons. The molecule has 2 aromatic carbocycles. The Balaban J connectivity index is 1.20. The van der Waals surface area contributed by atoms with E-state index in [0.29, 0.717) is 37.3 Å². The lowest BCUT2D eigenvalue weighted by Crippen LogP contribution is -2.55. The molecule has 2 heterocycles. The predicted octanol–water partition coefficient (Wildman–Crippen LogP) is 5.26. The van der Waals surface area contributed by atoms with Gasteiger partial charge in [0.2, 0.25) is 17.7 Å². The molecule has 0 unspecified atom stereocenters. The minimum Gasteiger partial charge on any atom is -0.344 e. The molecular weight excluding hydrogens is 604 g/mol. The smallest absolute Gasteiger partial charge is 0.245 e. The van der Waals surface area contributed by atoms with Gasteiger partial charge in [0.25, 0.3) is 0 Å². The minimum absolute atomic E-state index is 0.0524. The van der Waals surface area contributed by atoms with E-state index in [9.17, 15) is 19.2 Å². The number of nitrogens with one attached hydrogen (secondary N) is 2. The van der Waals surface area contributed by atoms with Crippen molar-refractivity contribution in [2.45, 2.75) is 84.3 Å². The number of piperazine rings is 1. The average Bonchev–Trinajstić information content (AvgIpc) is 3.82. The summed E-state index contributed by atoms with van der Waals surface area (Å²) in [4.78, 5) is 57.3. The lowest BCUT2D eigenvalue weighted by Gasteiger charge is -2.36. The maximum Gasteiger partial charge on any atom is 0.245 e. The molecule has 2 aliphatic rings. The first-order valence-corrected chi connectivity index (χ1v) is 17.5. The van der Waals surface area contributed by atoms with Gasteiger partial charge in [0.05, 0.1) is 0 Å². The van der Waals surface area contributed by atoms with Crippen molar-refractivity contribution in [3.8, 4) is 0 Å². The van der Waals surface area contributed by atoms with Gasteiger partial charge in [-0.25, -0.2) is 0 Å². The highest BCUT2D eigenvalue weighted by Crippen LogP contribution is 2.35. The van der Waals surface area contributed by atoms with Crippen LogP contribution in [0.25, 0.3) is 0 Å². The quantitative estimate of drug-likeness (QED) is 0.229. The fourth-order valence-corrected chi connectivity index (χ4v) is 6.96. The number of nitrogens with zero attached hydrogens (tertiary/aromatic N) is 4. The first kappa shape index (κ1) is 35.0. The molecule has 3 amide bonds. The van der Waals surface area contributed by atoms with Crippen LogP contribution < -0.4 is 10.6 Å². The van der Waals surface area contributed by atoms with Crippen LogP contribution in [0.5, 0.6) is 0 Å². The average molecular weight is 655 g/mol. The van der Waals surface area contributed by atoms with E-state index in [1.165, 1.54) is 5.56 Å². The zero-order chi connectivity index (χ0) is 34.0. The van der Waals surface area contributed by atoms with Crippen molar-refractivity contribution in [2.24, 2.45) is 11.8 Å². The highest BCUT2D eigenvalue weighted by molar-refractivity contribution is 6.00. The molecule has 5 rings (SSSR count). The van der Waals surface area contributed by atoms with E-state index in [0.717, 1.165) is 50.9 Å². The molecule has 2 fully saturated rings. The minimum atomic E-state index is -0.671. The van der Waals surface area contributed by atoms with Crippen LogP contribution in [0.2, 0.25) is 0 Å². The third-order valence-corrected chi connectivity index (χ3v) is 9.70. The monoisotopic (exact) mass is 654 g/mol. The van der Waals surface area contributed by atoms with E-state index in [1.807, 2.05) is 61.2 Å². The van der Waals surface area contributed by atoms with Crippen molar-refractivity contribution in [3.63, 3.8) is 0 Å². The van der Waals surface area contributed by atoms with E-state index < -0.39 is 12.0 Å². The number of Topliss-reactive ketones (excluding diaryl/α,β-unsaturated/α-hetero) is 1. The van der Waals surface area contributed by atoms with Gasteiger partial charge in [-0.2, -0.15) is 5.10 Å². The van der Waals surface area contributed by atoms with E-state index in [4.69, 9.17) is 0 Å². The van der Waals surface area contributed by atoms with Gasteiger partial charge in [0, 0.05) is 75.8 Å². The molecule has 3 aromatic rings. The second kappa shape index (κ2) is 16.7. The summed E-state index contributed by atoms with van der Waals surface area (Å²) >= 11 is 0. The summed E-state index contributed by atoms with van der Waals surface area (Å²) < 4.78 is 1.72. The van der Waals surface area contributed by atoms with Crippen LogP contribution in [0.4, 0.5) is 5.69 Å². The Hall–Kier alpha value is -4.31. The normalized spacial score (nSPS) is 16.9. The largest absolute Gasteiger partial charge is 0.344 e. The molecule has 0 bridgehead atoms. The molecule has 2 N–H and O–H groups in total. The van der Waals surface area contributed by atoms with Gasteiger partial charge in [-0.3, -0.25) is 28.8 Å². The molecule has 1 aromatic heterocycles. The maximum atomic E-state index is 13.7. The van der Waals surface area contributed by atoms with Crippen LogP contribution in [-0.2, 0) is 27.3 Å². The third-order valence-electron chi connectivity index (χ3n) is 9.70. The van der Waals surface area contributed by atoms with E-state index in [2.05, 4.69) is 32.8 Å². The Morgan fingerprint density at radius 1 is 0.875 bits per heavy atom. The molecule has 10 heteroatoms. The van der Waals surface area contributed by atoms with Gasteiger partial charge in [0.1, 0.15) is 11.7 Å². The summed E-state index contributed by atoms with van der Waals surface area (Å²) in [6.07, 6.45) is 6.45. The molecule has 48 heavy (non-hydrogen) atoms. The number of carbonyl (C=O) groups excluding carboxylic acids is 4. The van der Waals surface area contributed by atoms with Crippen LogP contribution in [-0.4, -0.2) is 75.3 Å². The number of anilines is 1. The van der Waals surface area contributed by atoms with E-state index in [1.54, 1.807) is 23.9 Å². The van der Waals surface area contributed by atoms with Gasteiger partial charge < -0.3 is 15.5 Å². The molecule has 256 valence electrons. The Bertz CT molecular complexity index is 1520. The lowest BCUT2D eigenvalue weighted by molar-refractivity contribution is -0.138. The summed E-state index contributed by atoms with van der Waals surface area (Å²) in [7, 11) is 0. The van der Waals surface area contributed by atoms with Crippen molar-refractivity contribution in [2.75, 3.05) is 31.5 Å². The predicted molar refractivity (Wildman–Crippen MR) is 186 cm³/mol. The van der Waals surface area contributed by atoms with Crippen molar-refractivity contribution in [1.82, 2.24) is 24.9 Å². The van der Waals surface area contributed by atoms with Crippen molar-refractivity contribution >= 4 is 29.2 Å². The van der Waals surface area contributed by atoms with Gasteiger partial charge in [-0.15, -0.1) is 0 Å². The number of hydrogen-bond acceptors (Lipinski definition) is 6. The molecule has 0 spiro atoms. The number of benzene rings is 2. The van der Waals surface area contributed by atoms with E-state index in [-0.39, 0.29) is 41.9 Å². The third kappa shape index (κ3) is 9.18. The fourth-order valence-electron chi connectivity index (χ4n) is 6.96. The summed E-state index contributed by atoms with van der Waals surface area (Å²) in [5, 5.41) is 10.3. The number of carbonyl (C=O) groups is 4. The molecule has 1 saturated carbocycles. The second-order valence-electron chi connectivity index (χ2n) is 13.5. The van der Waals surface area contributed by atoms with Crippen molar-refractivity contribution in [1.29, 1.82) is 0 Å². The first-order valence-electron chi connectivity index (χ1n) is 17.5. The van der Waals surface area contributed by atoms with Crippen LogP contribution in [0.1, 0.15) is 87.0 Å². The van der Waals surface area contributed by atoms with Crippen LogP contribution >= 0.6 is 0 Å². The number of hydrogen-bond donors (Lipinski definition) is 2. The molecule has 1 aliphatic carbocycles. The van der Waals surface area contributed by atoms with Crippen molar-refractivity contribution in [3.05, 3.63) is 83.7 Å². The zero-order valence-corrected chi connectivity index (χ0v) is 28.6. The molecule has 1 saturated heterocycles. The summed E-state index contributed by atoms with van der Waals surface area (Å²) in [6, 6.07) is 18.9. The SMILES string of the molecule is CCC(=O)N[C@H](Cc1ccc(NC(=O)[C@@H](CC(=O)c2ccnn2C(C)C)C2CCCC2)cc1)C(=O)N1CCN(Cc2ccccc2)CC1. The first-order chi connectivity index (χ1) is 23.2. The van der Waals surface area contributed by atoms with Crippen LogP contribution in [0.3, 0.4) is 0 Å². The lowest BCUT2D eigenvalue weighted by atomic mass is 9.85. The van der Waals surface area contributed by atoms with E-state index >= 15 is 0 Å². The standard InChI is InChI=1S/C38H50N6O4/c1-4-36(46)41-33(38(48)43-22-20-42(21-23-43)26-29-10-6-5-7-11-29)24-28-14-16-31(17-15-28)40-37(47)32(30-12-8-9-13-30)25-35(45)34-18-19-39-44(34)27(2)3/h5-7,10-11,14-19,27,30,32-33H,4,8-9,12-13,20-26H2,1-3H3,(H,40,47)(H,41,46)/t32-,33+/m0/s1. The molecule has 2 atom stereocenters. The fraction of sp³-hybridized carbons (Fsp3) is 0.500. The molecular formula is C38H50N6O4. The maximum absolute atomic E-state index is 13.7. The van der Waals surface area contributed by atoms with Crippen LogP contribution in [0.15, 0.2) is 66.9 Å². The Morgan fingerprint density at radius 2 is 1.56 bits per heavy atom. The van der Waals surface area contributed by atoms with Gasteiger partial charge in [0.15, 0.2) is 5.78 Å². The zero-order valence-electron chi connectivity index (χ0n) is 28.6. The number of aromatic nitrogens is 2. The topological polar surface area (TPSA) is 117 Å². The van der Waals surface area contributed by atoms with Gasteiger partial charge >= 0.3 is 0 Å². The second-order valence-corrected chi connectivity index (χ2v) is 13.5. The Morgan fingerprint density at radius 3 is 2.21 bits per heavy atom. The highest BCUT2D eigenvalue weighted by atomic mass is 16.2. The summed E-state index contributed by atoms with van der Waals surface area (Å²) in [5.41, 5.74) is 3.32. The van der Waals surface area contributed by atoms with Gasteiger partial charge in [-0.05, 0) is 61.9 Å². The number of rotatable bonds is 14. The Kier molecular flexibility index (Phi) is 12.2. The van der Waals surface area contributed by atoms with Gasteiger partial charge in [-0.1, -0.05) is 62.2 Å². The van der Waals surface area contributed by atoms with Crippen molar-refractivity contribution < 1.29 is 19.2 Å². The number of amides is 3. The Labute approximate surface area is 284 Å². The van der Waals surface area contributed by atoms with Crippen LogP contribution in [0, 0.1) is 11.8 Å². The molecule has 1 aliphatic heterocycles. The highest BCUT2D eigenvalue weighted by Gasteiger charge is 2.34. The summed E-state index contributed by atoms with van der Waals surface area (Å²) in [6.45, 7) is 9.37. The molecule has 10 nitrogen and oxygen atoms in total. The summed E-state index contributed by atoms with van der Waals surface area (Å²) in [5.74, 6) is -0.702. The number of ketones is 1.